The molecule has 0 spiro atoms. The Morgan fingerprint density at radius 2 is 2.15 bits per heavy atom. The van der Waals surface area contributed by atoms with Gasteiger partial charge in [0.15, 0.2) is 0 Å². The van der Waals surface area contributed by atoms with Crippen LogP contribution in [0.1, 0.15) is 44.7 Å². The molecule has 1 aliphatic heterocycles. The minimum Gasteiger partial charge on any atom is -0.368 e. The monoisotopic (exact) mass is 352 g/mol. The number of anilines is 2. The van der Waals surface area contributed by atoms with Gasteiger partial charge in [-0.05, 0) is 51.3 Å². The van der Waals surface area contributed by atoms with Crippen molar-refractivity contribution >= 4 is 11.6 Å². The van der Waals surface area contributed by atoms with Gasteiger partial charge in [0.25, 0.3) is 5.56 Å². The van der Waals surface area contributed by atoms with E-state index in [2.05, 4.69) is 26.4 Å². The highest BCUT2D eigenvalue weighted by Crippen LogP contribution is 2.23. The van der Waals surface area contributed by atoms with Gasteiger partial charge in [-0.15, -0.1) is 0 Å². The second-order valence-electron chi connectivity index (χ2n) is 6.84. The molecule has 0 aromatic carbocycles. The van der Waals surface area contributed by atoms with Crippen LogP contribution in [0.5, 0.6) is 0 Å². The molecule has 1 atom stereocenters. The van der Waals surface area contributed by atoms with E-state index in [0.29, 0.717) is 5.56 Å². The highest BCUT2D eigenvalue weighted by Gasteiger charge is 2.24. The topological polar surface area (TPSA) is 86.8 Å². The summed E-state index contributed by atoms with van der Waals surface area (Å²) < 4.78 is 1.54. The lowest BCUT2D eigenvalue weighted by Crippen LogP contribution is -2.45. The molecule has 1 unspecified atom stereocenters. The van der Waals surface area contributed by atoms with Gasteiger partial charge >= 0.3 is 0 Å². The van der Waals surface area contributed by atoms with Crippen LogP contribution >= 0.6 is 0 Å². The van der Waals surface area contributed by atoms with E-state index in [1.165, 1.54) is 11.1 Å². The molecule has 0 bridgehead atoms. The third-order valence-corrected chi connectivity index (χ3v) is 4.63. The van der Waals surface area contributed by atoms with E-state index in [4.69, 9.17) is 5.26 Å². The molecular formula is C19H24N6O. The largest absolute Gasteiger partial charge is 0.368 e. The zero-order valence-electron chi connectivity index (χ0n) is 15.2. The number of rotatable bonds is 5. The Morgan fingerprint density at radius 3 is 2.85 bits per heavy atom. The van der Waals surface area contributed by atoms with Crippen LogP contribution in [-0.4, -0.2) is 33.9 Å². The van der Waals surface area contributed by atoms with Gasteiger partial charge in [0.05, 0.1) is 11.6 Å². The molecule has 7 heteroatoms. The zero-order chi connectivity index (χ0) is 18.5. The Balaban J connectivity index is 1.74. The SMILES string of the molecule is CC(C)n1nc(N2CCCCC2CNc2ccc(C#N)cn2)ccc1=O. The van der Waals surface area contributed by atoms with Gasteiger partial charge in [-0.25, -0.2) is 9.67 Å². The molecule has 1 aliphatic rings. The molecule has 1 N–H and O–H groups in total. The highest BCUT2D eigenvalue weighted by molar-refractivity contribution is 5.42. The number of aromatic nitrogens is 3. The summed E-state index contributed by atoms with van der Waals surface area (Å²) in [6.07, 6.45) is 4.92. The number of nitrogens with zero attached hydrogens (tertiary/aromatic N) is 5. The van der Waals surface area contributed by atoms with Gasteiger partial charge in [-0.3, -0.25) is 4.79 Å². The van der Waals surface area contributed by atoms with Gasteiger partial charge in [0, 0.05) is 31.4 Å². The van der Waals surface area contributed by atoms with Crippen LogP contribution in [-0.2, 0) is 0 Å². The number of nitriles is 1. The summed E-state index contributed by atoms with van der Waals surface area (Å²) in [5.41, 5.74) is 0.479. The Labute approximate surface area is 153 Å². The van der Waals surface area contributed by atoms with Crippen molar-refractivity contribution in [2.24, 2.45) is 0 Å². The van der Waals surface area contributed by atoms with Crippen molar-refractivity contribution in [3.05, 3.63) is 46.4 Å². The van der Waals surface area contributed by atoms with E-state index >= 15 is 0 Å². The number of nitrogens with one attached hydrogen (secondary N) is 1. The lowest BCUT2D eigenvalue weighted by atomic mass is 10.0. The normalized spacial score (nSPS) is 17.2. The Morgan fingerprint density at radius 1 is 1.31 bits per heavy atom. The van der Waals surface area contributed by atoms with Gasteiger partial charge < -0.3 is 10.2 Å². The molecule has 3 heterocycles. The van der Waals surface area contributed by atoms with Gasteiger partial charge in [0.2, 0.25) is 0 Å². The van der Waals surface area contributed by atoms with Crippen molar-refractivity contribution in [1.82, 2.24) is 14.8 Å². The van der Waals surface area contributed by atoms with Crippen LogP contribution in [0.15, 0.2) is 35.3 Å². The summed E-state index contributed by atoms with van der Waals surface area (Å²) >= 11 is 0. The van der Waals surface area contributed by atoms with Crippen molar-refractivity contribution in [3.8, 4) is 6.07 Å². The lowest BCUT2D eigenvalue weighted by Gasteiger charge is -2.37. The molecule has 26 heavy (non-hydrogen) atoms. The number of pyridine rings is 1. The summed E-state index contributed by atoms with van der Waals surface area (Å²) in [4.78, 5) is 18.5. The predicted octanol–water partition coefficient (Wildman–Crippen LogP) is 2.56. The average Bonchev–Trinajstić information content (AvgIpc) is 2.67. The van der Waals surface area contributed by atoms with E-state index in [-0.39, 0.29) is 17.6 Å². The fraction of sp³-hybridized carbons (Fsp3) is 0.474. The van der Waals surface area contributed by atoms with Gasteiger partial charge in [0.1, 0.15) is 17.7 Å². The molecule has 2 aromatic rings. The maximum absolute atomic E-state index is 12.0. The summed E-state index contributed by atoms with van der Waals surface area (Å²) in [5.74, 6) is 1.60. The molecule has 7 nitrogen and oxygen atoms in total. The predicted molar refractivity (Wildman–Crippen MR) is 101 cm³/mol. The quantitative estimate of drug-likeness (QED) is 0.890. The van der Waals surface area contributed by atoms with E-state index in [0.717, 1.165) is 37.6 Å². The minimum atomic E-state index is -0.0720. The van der Waals surface area contributed by atoms with Crippen LogP contribution in [0.3, 0.4) is 0 Å². The summed E-state index contributed by atoms with van der Waals surface area (Å²) in [7, 11) is 0. The summed E-state index contributed by atoms with van der Waals surface area (Å²) in [6, 6.07) is 9.39. The maximum atomic E-state index is 12.0. The molecule has 2 aromatic heterocycles. The summed E-state index contributed by atoms with van der Waals surface area (Å²) in [6.45, 7) is 5.59. The first-order valence-electron chi connectivity index (χ1n) is 9.05. The number of hydrogen-bond acceptors (Lipinski definition) is 6. The molecular weight excluding hydrogens is 328 g/mol. The van der Waals surface area contributed by atoms with Crippen LogP contribution in [0.4, 0.5) is 11.6 Å². The smallest absolute Gasteiger partial charge is 0.267 e. The third kappa shape index (κ3) is 4.02. The van der Waals surface area contributed by atoms with E-state index in [1.807, 2.05) is 26.0 Å². The lowest BCUT2D eigenvalue weighted by molar-refractivity contribution is 0.451. The van der Waals surface area contributed by atoms with Crippen molar-refractivity contribution in [3.63, 3.8) is 0 Å². The molecule has 0 radical (unpaired) electrons. The summed E-state index contributed by atoms with van der Waals surface area (Å²) in [5, 5.41) is 16.8. The van der Waals surface area contributed by atoms with Crippen LogP contribution in [0, 0.1) is 11.3 Å². The van der Waals surface area contributed by atoms with Gasteiger partial charge in [-0.2, -0.15) is 10.4 Å². The number of hydrogen-bond donors (Lipinski definition) is 1. The van der Waals surface area contributed by atoms with Crippen molar-refractivity contribution in [2.45, 2.75) is 45.2 Å². The standard InChI is InChI=1S/C19H24N6O/c1-14(2)25-19(26)9-8-18(23-25)24-10-4-3-5-16(24)13-22-17-7-6-15(11-20)12-21-17/h6-9,12,14,16H,3-5,10,13H2,1-2H3,(H,21,22). The minimum absolute atomic E-state index is 0.0339. The molecule has 136 valence electrons. The average molecular weight is 352 g/mol. The van der Waals surface area contributed by atoms with Crippen molar-refractivity contribution in [1.29, 1.82) is 5.26 Å². The second kappa shape index (κ2) is 8.00. The maximum Gasteiger partial charge on any atom is 0.267 e. The first-order valence-corrected chi connectivity index (χ1v) is 9.05. The third-order valence-electron chi connectivity index (χ3n) is 4.63. The molecule has 0 amide bonds. The first kappa shape index (κ1) is 17.9. The molecule has 0 saturated carbocycles. The first-order chi connectivity index (χ1) is 12.6. The second-order valence-corrected chi connectivity index (χ2v) is 6.84. The molecule has 1 saturated heterocycles. The fourth-order valence-electron chi connectivity index (χ4n) is 3.24. The Bertz CT molecular complexity index is 836. The van der Waals surface area contributed by atoms with Crippen LogP contribution in [0.2, 0.25) is 0 Å². The van der Waals surface area contributed by atoms with E-state index in [1.54, 1.807) is 18.3 Å². The van der Waals surface area contributed by atoms with Crippen molar-refractivity contribution in [2.75, 3.05) is 23.3 Å². The van der Waals surface area contributed by atoms with E-state index in [9.17, 15) is 4.79 Å². The zero-order valence-corrected chi connectivity index (χ0v) is 15.2. The molecule has 3 rings (SSSR count). The van der Waals surface area contributed by atoms with Gasteiger partial charge in [-0.1, -0.05) is 0 Å². The highest BCUT2D eigenvalue weighted by atomic mass is 16.1. The van der Waals surface area contributed by atoms with E-state index < -0.39 is 0 Å². The van der Waals surface area contributed by atoms with Crippen LogP contribution in [0.25, 0.3) is 0 Å². The number of piperidine rings is 1. The van der Waals surface area contributed by atoms with Crippen molar-refractivity contribution < 1.29 is 0 Å². The molecule has 0 aliphatic carbocycles. The Kier molecular flexibility index (Phi) is 5.52. The molecule has 1 fully saturated rings. The fourth-order valence-corrected chi connectivity index (χ4v) is 3.24. The Hall–Kier alpha value is -2.88. The van der Waals surface area contributed by atoms with Crippen LogP contribution < -0.4 is 15.8 Å².